The fraction of sp³-hybridized carbons (Fsp3) is 0.542. The van der Waals surface area contributed by atoms with Crippen molar-refractivity contribution >= 4 is 17.1 Å². The summed E-state index contributed by atoms with van der Waals surface area (Å²) in [6.45, 7) is 5.16. The van der Waals surface area contributed by atoms with Gasteiger partial charge in [0.15, 0.2) is 0 Å². The van der Waals surface area contributed by atoms with Crippen LogP contribution in [0.2, 0.25) is 0 Å². The van der Waals surface area contributed by atoms with Crippen molar-refractivity contribution in [2.24, 2.45) is 5.92 Å². The Labute approximate surface area is 167 Å². The van der Waals surface area contributed by atoms with Gasteiger partial charge in [0.25, 0.3) is 0 Å². The Bertz CT molecular complexity index is 752. The van der Waals surface area contributed by atoms with Crippen LogP contribution in [0.5, 0.6) is 0 Å². The third-order valence-electron chi connectivity index (χ3n) is 6.84. The summed E-state index contributed by atoms with van der Waals surface area (Å²) in [6.07, 6.45) is 8.96. The van der Waals surface area contributed by atoms with Crippen LogP contribution < -0.4 is 0 Å². The van der Waals surface area contributed by atoms with Crippen LogP contribution in [0.3, 0.4) is 0 Å². The second-order valence-corrected chi connectivity index (χ2v) is 9.39. The molecule has 2 heterocycles. The lowest BCUT2D eigenvalue weighted by Crippen LogP contribution is -2.47. The molecule has 1 aliphatic heterocycles. The zero-order valence-corrected chi connectivity index (χ0v) is 17.3. The smallest absolute Gasteiger partial charge is 0.140 e. The van der Waals surface area contributed by atoms with Gasteiger partial charge in [-0.15, -0.1) is 11.3 Å². The Balaban J connectivity index is 1.52. The zero-order chi connectivity index (χ0) is 18.7. The molecule has 4 rings (SSSR count). The first-order valence-electron chi connectivity index (χ1n) is 10.6. The molecule has 0 amide bonds. The molecule has 0 bridgehead atoms. The predicted octanol–water partition coefficient (Wildman–Crippen LogP) is 5.92. The minimum Gasteiger partial charge on any atom is -0.303 e. The molecule has 0 radical (unpaired) electrons. The molecular formula is C24H31NOS. The topological polar surface area (TPSA) is 20.3 Å². The van der Waals surface area contributed by atoms with Gasteiger partial charge < -0.3 is 4.90 Å². The molecule has 0 unspecified atom stereocenters. The fourth-order valence-electron chi connectivity index (χ4n) is 5.16. The van der Waals surface area contributed by atoms with Crippen LogP contribution in [-0.4, -0.2) is 30.3 Å². The third-order valence-corrected chi connectivity index (χ3v) is 7.80. The van der Waals surface area contributed by atoms with E-state index in [1.807, 2.05) is 6.92 Å². The average molecular weight is 382 g/mol. The Hall–Kier alpha value is -1.45. The van der Waals surface area contributed by atoms with Crippen molar-refractivity contribution in [1.82, 2.24) is 4.90 Å². The van der Waals surface area contributed by atoms with E-state index in [9.17, 15) is 4.79 Å². The molecule has 2 aliphatic rings. The molecule has 0 spiro atoms. The SMILES string of the molecule is CC(=O)C1(c2ccsc2-c2ccccc2)CCN(CC2CCCCC2)CC1. The van der Waals surface area contributed by atoms with Gasteiger partial charge in [-0.3, -0.25) is 4.79 Å². The molecule has 2 fully saturated rings. The first-order chi connectivity index (χ1) is 13.2. The number of carbonyl (C=O) groups is 1. The van der Waals surface area contributed by atoms with E-state index in [0.29, 0.717) is 5.78 Å². The lowest BCUT2D eigenvalue weighted by atomic mass is 9.69. The van der Waals surface area contributed by atoms with E-state index in [1.165, 1.54) is 54.7 Å². The summed E-state index contributed by atoms with van der Waals surface area (Å²) in [5.74, 6) is 1.22. The molecule has 1 saturated carbocycles. The minimum atomic E-state index is -0.297. The highest BCUT2D eigenvalue weighted by Crippen LogP contribution is 2.44. The number of carbonyl (C=O) groups excluding carboxylic acids is 1. The first-order valence-corrected chi connectivity index (χ1v) is 11.4. The lowest BCUT2D eigenvalue weighted by molar-refractivity contribution is -0.124. The summed E-state index contributed by atoms with van der Waals surface area (Å²) in [5.41, 5.74) is 2.21. The van der Waals surface area contributed by atoms with Gasteiger partial charge in [0.05, 0.1) is 5.41 Å². The number of rotatable bonds is 5. The highest BCUT2D eigenvalue weighted by Gasteiger charge is 2.42. The van der Waals surface area contributed by atoms with Gasteiger partial charge in [0.2, 0.25) is 0 Å². The maximum Gasteiger partial charge on any atom is 0.140 e. The minimum absolute atomic E-state index is 0.297. The van der Waals surface area contributed by atoms with Crippen molar-refractivity contribution in [3.8, 4) is 10.4 Å². The molecule has 27 heavy (non-hydrogen) atoms. The van der Waals surface area contributed by atoms with E-state index in [0.717, 1.165) is 31.8 Å². The van der Waals surface area contributed by atoms with Gasteiger partial charge in [-0.1, -0.05) is 49.6 Å². The van der Waals surface area contributed by atoms with Crippen LogP contribution in [0, 0.1) is 5.92 Å². The highest BCUT2D eigenvalue weighted by atomic mass is 32.1. The Kier molecular flexibility index (Phi) is 5.79. The van der Waals surface area contributed by atoms with Crippen LogP contribution in [0.15, 0.2) is 41.8 Å². The van der Waals surface area contributed by atoms with Crippen molar-refractivity contribution < 1.29 is 4.79 Å². The number of benzene rings is 1. The largest absolute Gasteiger partial charge is 0.303 e. The van der Waals surface area contributed by atoms with Crippen LogP contribution >= 0.6 is 11.3 Å². The van der Waals surface area contributed by atoms with Gasteiger partial charge in [-0.05, 0) is 74.2 Å². The van der Waals surface area contributed by atoms with Crippen molar-refractivity contribution in [2.75, 3.05) is 19.6 Å². The van der Waals surface area contributed by atoms with Crippen LogP contribution in [0.25, 0.3) is 10.4 Å². The zero-order valence-electron chi connectivity index (χ0n) is 16.5. The standard InChI is InChI=1S/C24H31NOS/c1-19(26)24(22-12-17-27-23(22)21-10-6-3-7-11-21)13-15-25(16-14-24)18-20-8-4-2-5-9-20/h3,6-7,10-12,17,20H,2,4-5,8-9,13-16,18H2,1H3. The second-order valence-electron chi connectivity index (χ2n) is 8.47. The molecule has 3 heteroatoms. The number of ketones is 1. The summed E-state index contributed by atoms with van der Waals surface area (Å²) in [5, 5.41) is 2.16. The normalized spacial score (nSPS) is 21.2. The molecule has 1 aromatic carbocycles. The Morgan fingerprint density at radius 3 is 2.44 bits per heavy atom. The van der Waals surface area contributed by atoms with Gasteiger partial charge in [-0.25, -0.2) is 0 Å². The maximum atomic E-state index is 12.9. The number of likely N-dealkylation sites (tertiary alicyclic amines) is 1. The Morgan fingerprint density at radius 1 is 1.07 bits per heavy atom. The first kappa shape index (κ1) is 18.9. The second kappa shape index (κ2) is 8.28. The van der Waals surface area contributed by atoms with Crippen LogP contribution in [0.1, 0.15) is 57.4 Å². The van der Waals surface area contributed by atoms with Crippen LogP contribution in [-0.2, 0) is 10.2 Å². The number of nitrogens with zero attached hydrogens (tertiary/aromatic N) is 1. The van der Waals surface area contributed by atoms with Gasteiger partial charge in [-0.2, -0.15) is 0 Å². The van der Waals surface area contributed by atoms with E-state index >= 15 is 0 Å². The van der Waals surface area contributed by atoms with E-state index in [4.69, 9.17) is 0 Å². The summed E-state index contributed by atoms with van der Waals surface area (Å²) < 4.78 is 0. The van der Waals surface area contributed by atoms with Gasteiger partial charge >= 0.3 is 0 Å². The fourth-order valence-corrected chi connectivity index (χ4v) is 6.17. The molecule has 144 valence electrons. The van der Waals surface area contributed by atoms with Crippen molar-refractivity contribution in [1.29, 1.82) is 0 Å². The molecular weight excluding hydrogens is 350 g/mol. The van der Waals surface area contributed by atoms with Crippen molar-refractivity contribution in [3.63, 3.8) is 0 Å². The lowest BCUT2D eigenvalue weighted by Gasteiger charge is -2.42. The quantitative estimate of drug-likeness (QED) is 0.641. The van der Waals surface area contributed by atoms with E-state index in [2.05, 4.69) is 46.7 Å². The third kappa shape index (κ3) is 3.90. The van der Waals surface area contributed by atoms with E-state index in [-0.39, 0.29) is 5.41 Å². The average Bonchev–Trinajstić information content (AvgIpc) is 3.20. The molecule has 2 nitrogen and oxygen atoms in total. The van der Waals surface area contributed by atoms with Gasteiger partial charge in [0, 0.05) is 11.4 Å². The molecule has 2 aromatic rings. The predicted molar refractivity (Wildman–Crippen MR) is 114 cm³/mol. The molecule has 1 aromatic heterocycles. The number of Topliss-reactive ketones (excluding diaryl/α,β-unsaturated/α-hetero) is 1. The summed E-state index contributed by atoms with van der Waals surface area (Å²) >= 11 is 1.78. The van der Waals surface area contributed by atoms with Crippen molar-refractivity contribution in [2.45, 2.75) is 57.3 Å². The van der Waals surface area contributed by atoms with E-state index < -0.39 is 0 Å². The summed E-state index contributed by atoms with van der Waals surface area (Å²) in [6, 6.07) is 12.8. The Morgan fingerprint density at radius 2 is 1.78 bits per heavy atom. The number of hydrogen-bond acceptors (Lipinski definition) is 3. The monoisotopic (exact) mass is 381 g/mol. The summed E-state index contributed by atoms with van der Waals surface area (Å²) in [4.78, 5) is 16.8. The number of thiophene rings is 1. The van der Waals surface area contributed by atoms with Gasteiger partial charge in [0.1, 0.15) is 5.78 Å². The molecule has 1 saturated heterocycles. The maximum absolute atomic E-state index is 12.9. The van der Waals surface area contributed by atoms with Crippen LogP contribution in [0.4, 0.5) is 0 Å². The number of piperidine rings is 1. The van der Waals surface area contributed by atoms with E-state index in [1.54, 1.807) is 11.3 Å². The highest BCUT2D eigenvalue weighted by molar-refractivity contribution is 7.13. The molecule has 1 aliphatic carbocycles. The molecule has 0 atom stereocenters. The summed E-state index contributed by atoms with van der Waals surface area (Å²) in [7, 11) is 0. The number of hydrogen-bond donors (Lipinski definition) is 0. The molecule has 0 N–H and O–H groups in total. The van der Waals surface area contributed by atoms with Crippen molar-refractivity contribution in [3.05, 3.63) is 47.3 Å².